The predicted molar refractivity (Wildman–Crippen MR) is 132 cm³/mol. The van der Waals surface area contributed by atoms with Gasteiger partial charge in [-0.15, -0.1) is 5.10 Å². The summed E-state index contributed by atoms with van der Waals surface area (Å²) in [6, 6.07) is 11.1. The number of ether oxygens (including phenoxy) is 1. The van der Waals surface area contributed by atoms with Crippen LogP contribution in [-0.2, 0) is 6.42 Å². The van der Waals surface area contributed by atoms with Crippen LogP contribution in [0.15, 0.2) is 59.8 Å². The van der Waals surface area contributed by atoms with Crippen molar-refractivity contribution in [1.82, 2.24) is 39.7 Å². The van der Waals surface area contributed by atoms with Gasteiger partial charge >= 0.3 is 6.09 Å². The summed E-state index contributed by atoms with van der Waals surface area (Å²) in [6.07, 6.45) is 2.84. The van der Waals surface area contributed by atoms with Crippen molar-refractivity contribution in [2.75, 3.05) is 0 Å². The van der Waals surface area contributed by atoms with E-state index in [1.165, 1.54) is 29.3 Å². The monoisotopic (exact) mass is 533 g/mol. The number of fused-ring (bicyclic) bond motifs is 1. The van der Waals surface area contributed by atoms with Crippen LogP contribution >= 0.6 is 11.6 Å². The topological polar surface area (TPSA) is 159 Å². The number of primary amides is 1. The van der Waals surface area contributed by atoms with Crippen LogP contribution in [0.4, 0.5) is 9.18 Å². The van der Waals surface area contributed by atoms with Crippen LogP contribution in [0.5, 0.6) is 5.88 Å². The van der Waals surface area contributed by atoms with E-state index in [4.69, 9.17) is 22.1 Å². The fraction of sp³-hybridized carbons (Fsp3) is 0.125. The molecule has 12 nitrogen and oxygen atoms in total. The number of tetrazole rings is 1. The highest BCUT2D eigenvalue weighted by atomic mass is 35.5. The molecule has 0 saturated heterocycles. The maximum absolute atomic E-state index is 15.0. The van der Waals surface area contributed by atoms with Gasteiger partial charge in [-0.05, 0) is 47.0 Å². The Balaban J connectivity index is 1.35. The molecule has 1 aliphatic heterocycles. The number of benzene rings is 1. The number of amides is 1. The molecule has 4 aromatic heterocycles. The predicted octanol–water partition coefficient (Wildman–Crippen LogP) is 3.06. The minimum Gasteiger partial charge on any atom is -0.391 e. The molecule has 0 bridgehead atoms. The largest absolute Gasteiger partial charge is 0.411 e. The Labute approximate surface area is 217 Å². The number of carbonyl (C=O) groups excluding carboxylic acids is 1. The Bertz CT molecular complexity index is 1730. The number of imidazole rings is 1. The van der Waals surface area contributed by atoms with Crippen molar-refractivity contribution in [3.63, 3.8) is 0 Å². The Kier molecular flexibility index (Phi) is 5.68. The van der Waals surface area contributed by atoms with Crippen LogP contribution < -0.4 is 16.0 Å². The van der Waals surface area contributed by atoms with E-state index in [0.717, 1.165) is 5.69 Å². The van der Waals surface area contributed by atoms with Crippen molar-refractivity contribution >= 4 is 17.7 Å². The van der Waals surface area contributed by atoms with Crippen LogP contribution in [0.2, 0.25) is 5.02 Å². The highest BCUT2D eigenvalue weighted by Gasteiger charge is 2.30. The number of pyridine rings is 2. The van der Waals surface area contributed by atoms with E-state index in [9.17, 15) is 9.59 Å². The second-order valence-electron chi connectivity index (χ2n) is 8.48. The summed E-state index contributed by atoms with van der Waals surface area (Å²) in [5.41, 5.74) is 7.94. The van der Waals surface area contributed by atoms with E-state index < -0.39 is 18.1 Å². The summed E-state index contributed by atoms with van der Waals surface area (Å²) in [6.45, 7) is 0. The van der Waals surface area contributed by atoms with Gasteiger partial charge in [0.2, 0.25) is 11.8 Å². The summed E-state index contributed by atoms with van der Waals surface area (Å²) in [7, 11) is 0. The Morgan fingerprint density at radius 2 is 2.08 bits per heavy atom. The Hall–Kier alpha value is -4.91. The average Bonchev–Trinajstić information content (AvgIpc) is 3.64. The molecule has 190 valence electrons. The van der Waals surface area contributed by atoms with Gasteiger partial charge < -0.3 is 20.0 Å². The van der Waals surface area contributed by atoms with Crippen LogP contribution in [0.3, 0.4) is 0 Å². The van der Waals surface area contributed by atoms with Gasteiger partial charge in [0.05, 0.1) is 22.4 Å². The SMILES string of the molecule is NC(=O)Oc1ccc(-c2nc(F)c([C@@H]3CCc4cc(-c5cccc(Cl)c5-n5cnnn5)cc(=O)n43)[nH]2)cn1. The minimum atomic E-state index is -0.993. The number of hydrogen-bond acceptors (Lipinski definition) is 8. The molecule has 1 aliphatic rings. The lowest BCUT2D eigenvalue weighted by Gasteiger charge is -2.15. The second kappa shape index (κ2) is 9.19. The van der Waals surface area contributed by atoms with E-state index in [-0.39, 0.29) is 23.0 Å². The molecule has 0 spiro atoms. The van der Waals surface area contributed by atoms with Crippen molar-refractivity contribution in [2.24, 2.45) is 5.73 Å². The van der Waals surface area contributed by atoms with Crippen molar-refractivity contribution in [1.29, 1.82) is 0 Å². The number of aryl methyl sites for hydroxylation is 1. The average molecular weight is 534 g/mol. The summed E-state index contributed by atoms with van der Waals surface area (Å²) in [5.74, 6) is -0.496. The molecule has 0 aliphatic carbocycles. The van der Waals surface area contributed by atoms with Gasteiger partial charge in [-0.1, -0.05) is 23.7 Å². The molecule has 5 heterocycles. The van der Waals surface area contributed by atoms with E-state index in [1.807, 2.05) is 12.1 Å². The van der Waals surface area contributed by atoms with Crippen LogP contribution in [0.25, 0.3) is 28.2 Å². The molecule has 1 amide bonds. The molecule has 6 rings (SSSR count). The first-order valence-corrected chi connectivity index (χ1v) is 11.7. The van der Waals surface area contributed by atoms with E-state index >= 15 is 4.39 Å². The fourth-order valence-electron chi connectivity index (χ4n) is 4.68. The minimum absolute atomic E-state index is 0.00326. The Morgan fingerprint density at radius 1 is 1.21 bits per heavy atom. The number of nitrogens with one attached hydrogen (secondary N) is 1. The molecule has 3 N–H and O–H groups in total. The molecule has 0 unspecified atom stereocenters. The number of nitrogens with two attached hydrogens (primary N) is 1. The molecule has 38 heavy (non-hydrogen) atoms. The number of para-hydroxylation sites is 1. The van der Waals surface area contributed by atoms with Gasteiger partial charge in [0.25, 0.3) is 5.56 Å². The molecule has 0 saturated carbocycles. The molecular formula is C24H17ClFN9O3. The van der Waals surface area contributed by atoms with Crippen molar-refractivity contribution in [3.8, 4) is 34.1 Å². The first-order chi connectivity index (χ1) is 18.4. The number of nitrogens with zero attached hydrogens (tertiary/aromatic N) is 7. The van der Waals surface area contributed by atoms with Gasteiger partial charge in [-0.3, -0.25) is 4.79 Å². The molecule has 1 atom stereocenters. The first kappa shape index (κ1) is 23.5. The number of carbonyl (C=O) groups is 1. The zero-order chi connectivity index (χ0) is 26.4. The van der Waals surface area contributed by atoms with Crippen LogP contribution in [-0.4, -0.2) is 45.8 Å². The lowest BCUT2D eigenvalue weighted by Crippen LogP contribution is -2.24. The second-order valence-corrected chi connectivity index (χ2v) is 8.89. The number of rotatable bonds is 5. The number of H-pyrrole nitrogens is 1. The quantitative estimate of drug-likeness (QED) is 0.348. The van der Waals surface area contributed by atoms with Crippen LogP contribution in [0, 0.1) is 5.95 Å². The summed E-state index contributed by atoms with van der Waals surface area (Å²) in [4.78, 5) is 35.2. The number of aromatic amines is 1. The fourth-order valence-corrected chi connectivity index (χ4v) is 4.94. The van der Waals surface area contributed by atoms with Gasteiger partial charge in [0.15, 0.2) is 0 Å². The smallest absolute Gasteiger partial charge is 0.391 e. The molecule has 0 fully saturated rings. The molecule has 14 heteroatoms. The highest BCUT2D eigenvalue weighted by Crippen LogP contribution is 2.36. The number of halogens is 2. The third kappa shape index (κ3) is 4.08. The molecule has 1 aromatic carbocycles. The van der Waals surface area contributed by atoms with E-state index in [0.29, 0.717) is 40.2 Å². The van der Waals surface area contributed by atoms with Gasteiger partial charge in [-0.25, -0.2) is 9.78 Å². The maximum Gasteiger partial charge on any atom is 0.411 e. The molecule has 5 aromatic rings. The van der Waals surface area contributed by atoms with Crippen LogP contribution in [0.1, 0.15) is 23.9 Å². The van der Waals surface area contributed by atoms with Crippen molar-refractivity contribution in [2.45, 2.75) is 18.9 Å². The lowest BCUT2D eigenvalue weighted by atomic mass is 10.0. The first-order valence-electron chi connectivity index (χ1n) is 11.4. The van der Waals surface area contributed by atoms with Gasteiger partial charge in [0, 0.05) is 35.2 Å². The summed E-state index contributed by atoms with van der Waals surface area (Å²) >= 11 is 6.45. The molecular weight excluding hydrogens is 517 g/mol. The maximum atomic E-state index is 15.0. The standard InChI is InChI=1S/C24H17ClFN9O3/c25-16-3-1-2-15(21(16)34-11-29-32-33-34)13-8-14-5-6-17(35(14)19(36)9-13)20-22(26)31-23(30-20)12-4-7-18(28-10-12)38-24(27)37/h1-4,7-11,17H,5-6H2,(H2,27,37)(H,30,31)/t17-/m0/s1. The third-order valence-electron chi connectivity index (χ3n) is 6.24. The van der Waals surface area contributed by atoms with Gasteiger partial charge in [0.1, 0.15) is 12.2 Å². The van der Waals surface area contributed by atoms with Crippen molar-refractivity contribution < 1.29 is 13.9 Å². The molecule has 0 radical (unpaired) electrons. The van der Waals surface area contributed by atoms with E-state index in [1.54, 1.807) is 22.8 Å². The van der Waals surface area contributed by atoms with Gasteiger partial charge in [-0.2, -0.15) is 14.1 Å². The zero-order valence-electron chi connectivity index (χ0n) is 19.4. The highest BCUT2D eigenvalue weighted by molar-refractivity contribution is 6.33. The summed E-state index contributed by atoms with van der Waals surface area (Å²) in [5, 5.41) is 11.7. The zero-order valence-corrected chi connectivity index (χ0v) is 20.1. The summed E-state index contributed by atoms with van der Waals surface area (Å²) < 4.78 is 22.7. The Morgan fingerprint density at radius 3 is 2.82 bits per heavy atom. The normalized spacial score (nSPS) is 14.4. The number of aromatic nitrogens is 8. The van der Waals surface area contributed by atoms with Crippen molar-refractivity contribution in [3.05, 3.63) is 87.7 Å². The number of hydrogen-bond donors (Lipinski definition) is 2. The third-order valence-corrected chi connectivity index (χ3v) is 6.55. The van der Waals surface area contributed by atoms with E-state index in [2.05, 4.69) is 30.5 Å². The lowest BCUT2D eigenvalue weighted by molar-refractivity contribution is 0.209.